The van der Waals surface area contributed by atoms with Gasteiger partial charge >= 0.3 is 0 Å². The summed E-state index contributed by atoms with van der Waals surface area (Å²) in [5, 5.41) is 0. The SMILES string of the molecule is CC(C)C(c1ccccc1)N(C)CC=Cc1ccccc1. The van der Waals surface area contributed by atoms with Crippen LogP contribution in [0.5, 0.6) is 0 Å². The minimum absolute atomic E-state index is 0.451. The molecule has 110 valence electrons. The van der Waals surface area contributed by atoms with Gasteiger partial charge in [-0.25, -0.2) is 0 Å². The highest BCUT2D eigenvalue weighted by atomic mass is 15.1. The van der Waals surface area contributed by atoms with E-state index in [2.05, 4.69) is 92.5 Å². The van der Waals surface area contributed by atoms with Crippen molar-refractivity contribution >= 4 is 6.08 Å². The molecule has 0 N–H and O–H groups in total. The van der Waals surface area contributed by atoms with Gasteiger partial charge in [0.1, 0.15) is 0 Å². The lowest BCUT2D eigenvalue weighted by Gasteiger charge is -2.31. The van der Waals surface area contributed by atoms with Gasteiger partial charge in [0.05, 0.1) is 0 Å². The molecule has 1 atom stereocenters. The number of hydrogen-bond donors (Lipinski definition) is 0. The van der Waals surface area contributed by atoms with Crippen LogP contribution in [0.3, 0.4) is 0 Å². The van der Waals surface area contributed by atoms with Gasteiger partial charge in [-0.3, -0.25) is 4.90 Å². The van der Waals surface area contributed by atoms with E-state index in [-0.39, 0.29) is 0 Å². The van der Waals surface area contributed by atoms with Gasteiger partial charge in [-0.05, 0) is 24.1 Å². The van der Waals surface area contributed by atoms with Crippen molar-refractivity contribution < 1.29 is 0 Å². The standard InChI is InChI=1S/C20H25N/c1-17(2)20(19-14-8-5-9-15-19)21(3)16-10-13-18-11-6-4-7-12-18/h4-15,17,20H,16H2,1-3H3. The zero-order valence-corrected chi connectivity index (χ0v) is 13.2. The predicted molar refractivity (Wildman–Crippen MR) is 92.1 cm³/mol. The third-order valence-electron chi connectivity index (χ3n) is 3.75. The van der Waals surface area contributed by atoms with E-state index in [1.165, 1.54) is 11.1 Å². The first-order chi connectivity index (χ1) is 10.2. The molecule has 0 bridgehead atoms. The molecule has 0 fully saturated rings. The van der Waals surface area contributed by atoms with Gasteiger partial charge in [0.25, 0.3) is 0 Å². The molecule has 0 heterocycles. The molecular formula is C20H25N. The Kier molecular flexibility index (Phi) is 5.77. The molecule has 0 aliphatic rings. The molecule has 0 radical (unpaired) electrons. The van der Waals surface area contributed by atoms with E-state index in [1.54, 1.807) is 0 Å². The molecule has 0 amide bonds. The average Bonchev–Trinajstić information content (AvgIpc) is 2.49. The van der Waals surface area contributed by atoms with Crippen molar-refractivity contribution in [1.82, 2.24) is 4.90 Å². The third-order valence-corrected chi connectivity index (χ3v) is 3.75. The van der Waals surface area contributed by atoms with Crippen molar-refractivity contribution in [3.05, 3.63) is 77.9 Å². The number of rotatable bonds is 6. The summed E-state index contributed by atoms with van der Waals surface area (Å²) < 4.78 is 0. The van der Waals surface area contributed by atoms with Crippen LogP contribution in [-0.2, 0) is 0 Å². The number of nitrogens with zero attached hydrogens (tertiary/aromatic N) is 1. The molecule has 0 spiro atoms. The van der Waals surface area contributed by atoms with Crippen LogP contribution < -0.4 is 0 Å². The molecule has 0 aliphatic heterocycles. The summed E-state index contributed by atoms with van der Waals surface area (Å²) >= 11 is 0. The van der Waals surface area contributed by atoms with Crippen molar-refractivity contribution in [2.45, 2.75) is 19.9 Å². The normalized spacial score (nSPS) is 13.2. The maximum atomic E-state index is 2.42. The summed E-state index contributed by atoms with van der Waals surface area (Å²) in [5.41, 5.74) is 2.65. The van der Waals surface area contributed by atoms with Crippen molar-refractivity contribution in [1.29, 1.82) is 0 Å². The Hall–Kier alpha value is -1.86. The first-order valence-corrected chi connectivity index (χ1v) is 7.65. The molecule has 2 aromatic rings. The zero-order valence-electron chi connectivity index (χ0n) is 13.2. The first kappa shape index (κ1) is 15.5. The Balaban J connectivity index is 2.03. The molecule has 21 heavy (non-hydrogen) atoms. The van der Waals surface area contributed by atoms with Crippen LogP contribution in [0.15, 0.2) is 66.7 Å². The number of benzene rings is 2. The highest BCUT2D eigenvalue weighted by molar-refractivity contribution is 5.48. The molecule has 1 nitrogen and oxygen atoms in total. The molecule has 0 aromatic heterocycles. The lowest BCUT2D eigenvalue weighted by Crippen LogP contribution is -2.28. The summed E-state index contributed by atoms with van der Waals surface area (Å²) in [7, 11) is 2.20. The van der Waals surface area contributed by atoms with Crippen LogP contribution in [0.25, 0.3) is 6.08 Å². The first-order valence-electron chi connectivity index (χ1n) is 7.65. The van der Waals surface area contributed by atoms with Crippen LogP contribution in [0.1, 0.15) is 31.0 Å². The average molecular weight is 279 g/mol. The highest BCUT2D eigenvalue weighted by Crippen LogP contribution is 2.27. The molecule has 2 rings (SSSR count). The van der Waals surface area contributed by atoms with Crippen molar-refractivity contribution in [2.24, 2.45) is 5.92 Å². The van der Waals surface area contributed by atoms with Gasteiger partial charge in [0.15, 0.2) is 0 Å². The number of likely N-dealkylation sites (N-methyl/N-ethyl adjacent to an activating group) is 1. The van der Waals surface area contributed by atoms with Crippen molar-refractivity contribution in [3.8, 4) is 0 Å². The summed E-state index contributed by atoms with van der Waals surface area (Å²) in [6.07, 6.45) is 4.44. The second-order valence-corrected chi connectivity index (χ2v) is 5.85. The zero-order chi connectivity index (χ0) is 15.1. The lowest BCUT2D eigenvalue weighted by molar-refractivity contribution is 0.213. The summed E-state index contributed by atoms with van der Waals surface area (Å²) in [5.74, 6) is 0.586. The maximum absolute atomic E-state index is 2.42. The van der Waals surface area contributed by atoms with E-state index in [0.29, 0.717) is 12.0 Å². The molecule has 2 aromatic carbocycles. The Morgan fingerprint density at radius 2 is 1.48 bits per heavy atom. The Morgan fingerprint density at radius 1 is 0.905 bits per heavy atom. The highest BCUT2D eigenvalue weighted by Gasteiger charge is 2.19. The van der Waals surface area contributed by atoms with E-state index >= 15 is 0 Å². The Labute approximate surface area is 128 Å². The van der Waals surface area contributed by atoms with Gasteiger partial charge in [0, 0.05) is 12.6 Å². The summed E-state index contributed by atoms with van der Waals surface area (Å²) in [6, 6.07) is 21.7. The lowest BCUT2D eigenvalue weighted by atomic mass is 9.95. The minimum atomic E-state index is 0.451. The van der Waals surface area contributed by atoms with Gasteiger partial charge in [-0.2, -0.15) is 0 Å². The van der Waals surface area contributed by atoms with Gasteiger partial charge in [-0.1, -0.05) is 86.7 Å². The second kappa shape index (κ2) is 7.80. The fraction of sp³-hybridized carbons (Fsp3) is 0.300. The van der Waals surface area contributed by atoms with E-state index in [4.69, 9.17) is 0 Å². The molecule has 1 unspecified atom stereocenters. The number of hydrogen-bond acceptors (Lipinski definition) is 1. The van der Waals surface area contributed by atoms with Gasteiger partial charge in [0.2, 0.25) is 0 Å². The second-order valence-electron chi connectivity index (χ2n) is 5.85. The molecule has 0 aliphatic carbocycles. The van der Waals surface area contributed by atoms with Crippen LogP contribution in [-0.4, -0.2) is 18.5 Å². The Bertz CT molecular complexity index is 543. The van der Waals surface area contributed by atoms with Crippen LogP contribution >= 0.6 is 0 Å². The maximum Gasteiger partial charge on any atom is 0.0371 e. The topological polar surface area (TPSA) is 3.24 Å². The molecule has 0 saturated heterocycles. The van der Waals surface area contributed by atoms with E-state index < -0.39 is 0 Å². The predicted octanol–water partition coefficient (Wildman–Crippen LogP) is 5.03. The van der Waals surface area contributed by atoms with Crippen molar-refractivity contribution in [2.75, 3.05) is 13.6 Å². The van der Waals surface area contributed by atoms with Crippen LogP contribution in [0, 0.1) is 5.92 Å². The van der Waals surface area contributed by atoms with Gasteiger partial charge in [-0.15, -0.1) is 0 Å². The molecular weight excluding hydrogens is 254 g/mol. The smallest absolute Gasteiger partial charge is 0.0371 e. The fourth-order valence-electron chi connectivity index (χ4n) is 2.83. The fourth-order valence-corrected chi connectivity index (χ4v) is 2.83. The van der Waals surface area contributed by atoms with Crippen LogP contribution in [0.4, 0.5) is 0 Å². The van der Waals surface area contributed by atoms with E-state index in [9.17, 15) is 0 Å². The molecule has 0 saturated carbocycles. The van der Waals surface area contributed by atoms with Gasteiger partial charge < -0.3 is 0 Å². The van der Waals surface area contributed by atoms with Crippen molar-refractivity contribution in [3.63, 3.8) is 0 Å². The monoisotopic (exact) mass is 279 g/mol. The largest absolute Gasteiger partial charge is 0.295 e. The molecule has 1 heteroatoms. The summed E-state index contributed by atoms with van der Waals surface area (Å²) in [4.78, 5) is 2.42. The quantitative estimate of drug-likeness (QED) is 0.717. The minimum Gasteiger partial charge on any atom is -0.295 e. The third kappa shape index (κ3) is 4.57. The van der Waals surface area contributed by atoms with Crippen LogP contribution in [0.2, 0.25) is 0 Å². The van der Waals surface area contributed by atoms with E-state index in [0.717, 1.165) is 6.54 Å². The van der Waals surface area contributed by atoms with E-state index in [1.807, 2.05) is 6.07 Å². The summed E-state index contributed by atoms with van der Waals surface area (Å²) in [6.45, 7) is 5.52. The Morgan fingerprint density at radius 3 is 2.05 bits per heavy atom.